The lowest BCUT2D eigenvalue weighted by molar-refractivity contribution is -0.165. The van der Waals surface area contributed by atoms with Gasteiger partial charge in [0.25, 0.3) is 0 Å². The normalized spacial score (nSPS) is 47.0. The lowest BCUT2D eigenvalue weighted by atomic mass is 9.43. The standard InChI is InChI=1S/C27H45NO4/c1-15(2)28-22-13-17-12-18(29)10-11-26(17,4)21-14-23(30)27(5)19(7-8-20(27)25(21)22)16(3)6-9-24(31)32/h15-22,25,28-29H,6-14H2,1-5H3,(H,31,32)/t16-,17+,18-,19-,20+,21+,22?,25+,26+,27-/m1/s1. The zero-order chi connectivity index (χ0) is 23.4. The van der Waals surface area contributed by atoms with E-state index in [2.05, 4.69) is 39.9 Å². The maximum absolute atomic E-state index is 13.9. The Hall–Kier alpha value is -0.940. The molecule has 4 saturated carbocycles. The van der Waals surface area contributed by atoms with Crippen LogP contribution in [0.3, 0.4) is 0 Å². The Labute approximate surface area is 194 Å². The van der Waals surface area contributed by atoms with Gasteiger partial charge in [0.2, 0.25) is 0 Å². The molecule has 5 nitrogen and oxygen atoms in total. The SMILES string of the molecule is CC(C)NC1C[C@@H]2C[C@H](O)CC[C@]2(C)[C@H]2CC(=O)[C@]3(C)[C@@H]([C@H](C)CCC(=O)O)CC[C@H]3[C@H]12. The number of rotatable bonds is 6. The number of hydrogen-bond donors (Lipinski definition) is 3. The second-order valence-electron chi connectivity index (χ2n) is 12.6. The van der Waals surface area contributed by atoms with E-state index in [1.54, 1.807) is 0 Å². The predicted octanol–water partition coefficient (Wildman–Crippen LogP) is 4.66. The summed E-state index contributed by atoms with van der Waals surface area (Å²) in [6.45, 7) is 11.3. The molecule has 0 heterocycles. The van der Waals surface area contributed by atoms with Crippen LogP contribution in [0.15, 0.2) is 0 Å². The van der Waals surface area contributed by atoms with Gasteiger partial charge in [-0.2, -0.15) is 0 Å². The fraction of sp³-hybridized carbons (Fsp3) is 0.926. The Morgan fingerprint density at radius 3 is 2.50 bits per heavy atom. The highest BCUT2D eigenvalue weighted by molar-refractivity contribution is 5.87. The van der Waals surface area contributed by atoms with Gasteiger partial charge >= 0.3 is 5.97 Å². The van der Waals surface area contributed by atoms with Crippen LogP contribution in [-0.2, 0) is 9.59 Å². The summed E-state index contributed by atoms with van der Waals surface area (Å²) < 4.78 is 0. The lowest BCUT2D eigenvalue weighted by Crippen LogP contribution is -2.64. The van der Waals surface area contributed by atoms with Crippen molar-refractivity contribution in [1.82, 2.24) is 5.32 Å². The van der Waals surface area contributed by atoms with Crippen molar-refractivity contribution >= 4 is 11.8 Å². The van der Waals surface area contributed by atoms with Crippen LogP contribution in [0.5, 0.6) is 0 Å². The zero-order valence-electron chi connectivity index (χ0n) is 20.8. The van der Waals surface area contributed by atoms with Crippen LogP contribution in [0.4, 0.5) is 0 Å². The monoisotopic (exact) mass is 447 g/mol. The van der Waals surface area contributed by atoms with E-state index in [1.807, 2.05) is 0 Å². The van der Waals surface area contributed by atoms with Crippen LogP contribution in [0.2, 0.25) is 0 Å². The van der Waals surface area contributed by atoms with Crippen molar-refractivity contribution in [3.05, 3.63) is 0 Å². The van der Waals surface area contributed by atoms with E-state index in [1.165, 1.54) is 0 Å². The Kier molecular flexibility index (Phi) is 6.57. The fourth-order valence-electron chi connectivity index (χ4n) is 9.06. The molecule has 0 aliphatic heterocycles. The quantitative estimate of drug-likeness (QED) is 0.551. The molecule has 1 unspecified atom stereocenters. The van der Waals surface area contributed by atoms with Gasteiger partial charge in [0.05, 0.1) is 6.10 Å². The van der Waals surface area contributed by atoms with E-state index in [-0.39, 0.29) is 29.3 Å². The maximum Gasteiger partial charge on any atom is 0.303 e. The van der Waals surface area contributed by atoms with E-state index < -0.39 is 5.97 Å². The zero-order valence-corrected chi connectivity index (χ0v) is 20.8. The van der Waals surface area contributed by atoms with E-state index in [9.17, 15) is 19.8 Å². The first-order valence-corrected chi connectivity index (χ1v) is 13.2. The van der Waals surface area contributed by atoms with Crippen molar-refractivity contribution in [1.29, 1.82) is 0 Å². The first-order valence-electron chi connectivity index (χ1n) is 13.2. The number of hydrogen-bond acceptors (Lipinski definition) is 4. The van der Waals surface area contributed by atoms with Crippen LogP contribution in [-0.4, -0.2) is 40.2 Å². The number of ketones is 1. The predicted molar refractivity (Wildman–Crippen MR) is 125 cm³/mol. The summed E-state index contributed by atoms with van der Waals surface area (Å²) in [7, 11) is 0. The number of nitrogens with one attached hydrogen (secondary N) is 1. The molecule has 3 N–H and O–H groups in total. The minimum absolute atomic E-state index is 0.142. The van der Waals surface area contributed by atoms with Gasteiger partial charge in [-0.25, -0.2) is 0 Å². The van der Waals surface area contributed by atoms with E-state index in [0.717, 1.165) is 38.5 Å². The Bertz CT molecular complexity index is 737. The highest BCUT2D eigenvalue weighted by Gasteiger charge is 2.65. The van der Waals surface area contributed by atoms with Crippen molar-refractivity contribution in [3.63, 3.8) is 0 Å². The smallest absolute Gasteiger partial charge is 0.303 e. The van der Waals surface area contributed by atoms with Gasteiger partial charge in [0.1, 0.15) is 5.78 Å². The summed E-state index contributed by atoms with van der Waals surface area (Å²) in [6, 6.07) is 0.794. The third-order valence-electron chi connectivity index (χ3n) is 10.7. The first-order chi connectivity index (χ1) is 15.0. The number of carboxylic acid groups (broad SMARTS) is 1. The second kappa shape index (κ2) is 8.69. The van der Waals surface area contributed by atoms with Crippen molar-refractivity contribution in [2.45, 2.75) is 111 Å². The molecule has 0 spiro atoms. The third kappa shape index (κ3) is 3.85. The van der Waals surface area contributed by atoms with Crippen molar-refractivity contribution in [2.75, 3.05) is 0 Å². The highest BCUT2D eigenvalue weighted by atomic mass is 16.4. The molecule has 4 aliphatic carbocycles. The van der Waals surface area contributed by atoms with Gasteiger partial charge in [-0.05, 0) is 85.9 Å². The molecule has 32 heavy (non-hydrogen) atoms. The summed E-state index contributed by atoms with van der Waals surface area (Å²) in [6.07, 6.45) is 7.34. The average Bonchev–Trinajstić information content (AvgIpc) is 3.06. The van der Waals surface area contributed by atoms with Crippen molar-refractivity contribution in [2.24, 2.45) is 46.3 Å². The summed E-state index contributed by atoms with van der Waals surface area (Å²) in [4.78, 5) is 25.1. The van der Waals surface area contributed by atoms with Crippen LogP contribution in [0.25, 0.3) is 0 Å². The summed E-state index contributed by atoms with van der Waals surface area (Å²) in [5, 5.41) is 23.5. The molecule has 0 amide bonds. The molecule has 4 fully saturated rings. The Morgan fingerprint density at radius 1 is 1.12 bits per heavy atom. The largest absolute Gasteiger partial charge is 0.481 e. The molecule has 0 radical (unpaired) electrons. The molecule has 0 aromatic heterocycles. The van der Waals surface area contributed by atoms with Crippen LogP contribution in [0.1, 0.15) is 92.4 Å². The molecular formula is C27H45NO4. The Morgan fingerprint density at radius 2 is 1.84 bits per heavy atom. The highest BCUT2D eigenvalue weighted by Crippen LogP contribution is 2.67. The summed E-state index contributed by atoms with van der Waals surface area (Å²) in [5.41, 5.74) is -0.184. The number of carbonyl (C=O) groups excluding carboxylic acids is 1. The van der Waals surface area contributed by atoms with Gasteiger partial charge in [-0.3, -0.25) is 9.59 Å². The maximum atomic E-state index is 13.9. The van der Waals surface area contributed by atoms with Gasteiger partial charge in [0, 0.05) is 30.3 Å². The molecule has 5 heteroatoms. The number of aliphatic hydroxyl groups excluding tert-OH is 1. The molecule has 182 valence electrons. The molecule has 10 atom stereocenters. The van der Waals surface area contributed by atoms with E-state index in [0.29, 0.717) is 60.3 Å². The van der Waals surface area contributed by atoms with E-state index >= 15 is 0 Å². The van der Waals surface area contributed by atoms with Gasteiger partial charge < -0.3 is 15.5 Å². The molecule has 0 bridgehead atoms. The van der Waals surface area contributed by atoms with Crippen molar-refractivity contribution in [3.8, 4) is 0 Å². The fourth-order valence-corrected chi connectivity index (χ4v) is 9.06. The van der Waals surface area contributed by atoms with Crippen molar-refractivity contribution < 1.29 is 19.8 Å². The van der Waals surface area contributed by atoms with Crippen LogP contribution >= 0.6 is 0 Å². The number of Topliss-reactive ketones (excluding diaryl/α,β-unsaturated/α-hetero) is 1. The number of aliphatic hydroxyl groups is 1. The summed E-state index contributed by atoms with van der Waals surface area (Å²) >= 11 is 0. The minimum Gasteiger partial charge on any atom is -0.481 e. The Balaban J connectivity index is 1.67. The van der Waals surface area contributed by atoms with Crippen LogP contribution < -0.4 is 5.32 Å². The van der Waals surface area contributed by atoms with Gasteiger partial charge in [0.15, 0.2) is 0 Å². The molecule has 4 aliphatic rings. The molecule has 0 aromatic carbocycles. The van der Waals surface area contributed by atoms with Gasteiger partial charge in [-0.15, -0.1) is 0 Å². The summed E-state index contributed by atoms with van der Waals surface area (Å²) in [5.74, 6) is 1.99. The number of carbonyl (C=O) groups is 2. The van der Waals surface area contributed by atoms with Gasteiger partial charge in [-0.1, -0.05) is 34.6 Å². The minimum atomic E-state index is -0.737. The molecule has 4 rings (SSSR count). The lowest BCUT2D eigenvalue weighted by Gasteiger charge is -2.63. The first kappa shape index (κ1) is 24.2. The second-order valence-corrected chi connectivity index (χ2v) is 12.6. The number of carboxylic acids is 1. The third-order valence-corrected chi connectivity index (χ3v) is 10.7. The van der Waals surface area contributed by atoms with Crippen LogP contribution in [0, 0.1) is 46.3 Å². The number of fused-ring (bicyclic) bond motifs is 5. The number of aliphatic carboxylic acids is 1. The van der Waals surface area contributed by atoms with E-state index in [4.69, 9.17) is 0 Å². The molecule has 0 saturated heterocycles. The molecular weight excluding hydrogens is 402 g/mol. The molecule has 0 aromatic rings. The topological polar surface area (TPSA) is 86.6 Å². The average molecular weight is 448 g/mol.